The van der Waals surface area contributed by atoms with Gasteiger partial charge in [-0.15, -0.1) is 0 Å². The molecule has 116 valence electrons. The van der Waals surface area contributed by atoms with E-state index in [4.69, 9.17) is 0 Å². The maximum absolute atomic E-state index is 11.8. The molecule has 0 unspecified atom stereocenters. The van der Waals surface area contributed by atoms with E-state index in [2.05, 4.69) is 14.5 Å². The third kappa shape index (κ3) is 5.78. The van der Waals surface area contributed by atoms with E-state index in [0.717, 1.165) is 13.3 Å². The monoisotopic (exact) mass is 316 g/mol. The molecule has 0 aliphatic carbocycles. The van der Waals surface area contributed by atoms with Gasteiger partial charge in [-0.3, -0.25) is 4.79 Å². The summed E-state index contributed by atoms with van der Waals surface area (Å²) in [6, 6.07) is 2.54. The van der Waals surface area contributed by atoms with Crippen molar-refractivity contribution < 1.29 is 27.5 Å². The highest BCUT2D eigenvalue weighted by atomic mass is 32.2. The second kappa shape index (κ2) is 7.58. The molecule has 0 spiro atoms. The Bertz CT molecular complexity index is 597. The van der Waals surface area contributed by atoms with Crippen LogP contribution < -0.4 is 9.46 Å². The van der Waals surface area contributed by atoms with Crippen LogP contribution in [0.2, 0.25) is 0 Å². The normalized spacial score (nSPS) is 10.8. The van der Waals surface area contributed by atoms with Gasteiger partial charge in [-0.25, -0.2) is 22.9 Å². The molecule has 0 aliphatic heterocycles. The van der Waals surface area contributed by atoms with Crippen molar-refractivity contribution in [2.24, 2.45) is 0 Å². The smallest absolute Gasteiger partial charge is 0.437 e. The van der Waals surface area contributed by atoms with Gasteiger partial charge in [-0.1, -0.05) is 13.3 Å². The third-order valence-electron chi connectivity index (χ3n) is 2.37. The number of carbonyl (C=O) groups is 2. The molecule has 0 bridgehead atoms. The van der Waals surface area contributed by atoms with Crippen LogP contribution in [0.4, 0.5) is 4.79 Å². The minimum absolute atomic E-state index is 0.0345. The van der Waals surface area contributed by atoms with Gasteiger partial charge >= 0.3 is 6.16 Å². The maximum Gasteiger partial charge on any atom is 0.514 e. The predicted octanol–water partition coefficient (Wildman–Crippen LogP) is 1.09. The van der Waals surface area contributed by atoms with E-state index < -0.39 is 22.1 Å². The van der Waals surface area contributed by atoms with Crippen LogP contribution in [0.25, 0.3) is 0 Å². The SMILES string of the molecule is CCCCS(=O)(=O)NC(=O)c1ccc(OC(=O)OC)nc1. The van der Waals surface area contributed by atoms with Crippen LogP contribution in [0, 0.1) is 0 Å². The average molecular weight is 316 g/mol. The van der Waals surface area contributed by atoms with Crippen LogP contribution in [0.1, 0.15) is 30.1 Å². The van der Waals surface area contributed by atoms with Crippen molar-refractivity contribution in [1.82, 2.24) is 9.71 Å². The first kappa shape index (κ1) is 16.9. The molecule has 0 radical (unpaired) electrons. The number of methoxy groups -OCH3 is 1. The molecule has 0 atom stereocenters. The second-order valence-electron chi connectivity index (χ2n) is 4.04. The van der Waals surface area contributed by atoms with Crippen molar-refractivity contribution in [3.8, 4) is 5.88 Å². The highest BCUT2D eigenvalue weighted by molar-refractivity contribution is 7.90. The summed E-state index contributed by atoms with van der Waals surface area (Å²) in [5.41, 5.74) is 0.0345. The fraction of sp³-hybridized carbons (Fsp3) is 0.417. The van der Waals surface area contributed by atoms with E-state index >= 15 is 0 Å². The Morgan fingerprint density at radius 2 is 2.05 bits per heavy atom. The lowest BCUT2D eigenvalue weighted by Gasteiger charge is -2.06. The Balaban J connectivity index is 2.69. The van der Waals surface area contributed by atoms with Crippen molar-refractivity contribution in [3.05, 3.63) is 23.9 Å². The van der Waals surface area contributed by atoms with Gasteiger partial charge < -0.3 is 9.47 Å². The van der Waals surface area contributed by atoms with Gasteiger partial charge in [0, 0.05) is 12.3 Å². The summed E-state index contributed by atoms with van der Waals surface area (Å²) < 4.78 is 34.0. The summed E-state index contributed by atoms with van der Waals surface area (Å²) >= 11 is 0. The van der Waals surface area contributed by atoms with Crippen LogP contribution in [0.5, 0.6) is 5.88 Å². The Labute approximate surface area is 122 Å². The predicted molar refractivity (Wildman–Crippen MR) is 73.4 cm³/mol. The molecule has 1 rings (SSSR count). The zero-order valence-corrected chi connectivity index (χ0v) is 12.5. The van der Waals surface area contributed by atoms with Gasteiger partial charge in [0.2, 0.25) is 15.9 Å². The van der Waals surface area contributed by atoms with Crippen LogP contribution >= 0.6 is 0 Å². The molecule has 1 amide bonds. The summed E-state index contributed by atoms with van der Waals surface area (Å²) in [5.74, 6) is -0.970. The molecule has 0 saturated heterocycles. The molecule has 0 aliphatic rings. The van der Waals surface area contributed by atoms with E-state index in [9.17, 15) is 18.0 Å². The molecular weight excluding hydrogens is 300 g/mol. The minimum atomic E-state index is -3.66. The number of rotatable bonds is 6. The second-order valence-corrected chi connectivity index (χ2v) is 5.89. The van der Waals surface area contributed by atoms with Gasteiger partial charge in [-0.05, 0) is 12.5 Å². The lowest BCUT2D eigenvalue weighted by Crippen LogP contribution is -2.32. The number of hydrogen-bond acceptors (Lipinski definition) is 7. The molecular formula is C12H16N2O6S. The van der Waals surface area contributed by atoms with E-state index in [0.29, 0.717) is 12.8 Å². The number of hydrogen-bond donors (Lipinski definition) is 1. The minimum Gasteiger partial charge on any atom is -0.437 e. The lowest BCUT2D eigenvalue weighted by atomic mass is 10.3. The fourth-order valence-electron chi connectivity index (χ4n) is 1.29. The first-order valence-corrected chi connectivity index (χ1v) is 7.80. The quantitative estimate of drug-likeness (QED) is 0.782. The van der Waals surface area contributed by atoms with Crippen molar-refractivity contribution in [2.45, 2.75) is 19.8 Å². The average Bonchev–Trinajstić information content (AvgIpc) is 2.45. The molecule has 0 fully saturated rings. The standard InChI is InChI=1S/C12H16N2O6S/c1-3-4-7-21(17,18)14-11(15)9-5-6-10(13-8-9)20-12(16)19-2/h5-6,8H,3-4,7H2,1-2H3,(H,14,15). The first-order valence-electron chi connectivity index (χ1n) is 6.14. The van der Waals surface area contributed by atoms with Gasteiger partial charge in [-0.2, -0.15) is 0 Å². The van der Waals surface area contributed by atoms with Gasteiger partial charge in [0.1, 0.15) is 0 Å². The molecule has 1 aromatic rings. The molecule has 1 heterocycles. The molecule has 1 N–H and O–H groups in total. The molecule has 0 saturated carbocycles. The highest BCUT2D eigenvalue weighted by Gasteiger charge is 2.16. The molecule has 0 aromatic carbocycles. The van der Waals surface area contributed by atoms with E-state index in [-0.39, 0.29) is 17.2 Å². The van der Waals surface area contributed by atoms with Crippen LogP contribution in [0.15, 0.2) is 18.3 Å². The van der Waals surface area contributed by atoms with E-state index in [1.165, 1.54) is 12.1 Å². The summed E-state index contributed by atoms with van der Waals surface area (Å²) in [6.45, 7) is 1.85. The van der Waals surface area contributed by atoms with Gasteiger partial charge in [0.15, 0.2) is 0 Å². The van der Waals surface area contributed by atoms with Crippen molar-refractivity contribution in [3.63, 3.8) is 0 Å². The number of pyridine rings is 1. The van der Waals surface area contributed by atoms with E-state index in [1.54, 1.807) is 0 Å². The number of amides is 1. The zero-order chi connectivity index (χ0) is 15.9. The van der Waals surface area contributed by atoms with Crippen LogP contribution in [0.3, 0.4) is 0 Å². The number of nitrogens with one attached hydrogen (secondary N) is 1. The summed E-state index contributed by atoms with van der Waals surface area (Å²) in [6.07, 6.45) is 1.33. The number of unbranched alkanes of at least 4 members (excludes halogenated alkanes) is 1. The molecule has 1 aromatic heterocycles. The zero-order valence-electron chi connectivity index (χ0n) is 11.7. The number of carbonyl (C=O) groups excluding carboxylic acids is 2. The Morgan fingerprint density at radius 3 is 2.57 bits per heavy atom. The molecule has 8 nitrogen and oxygen atoms in total. The number of nitrogens with zero attached hydrogens (tertiary/aromatic N) is 1. The summed E-state index contributed by atoms with van der Waals surface area (Å²) in [4.78, 5) is 26.3. The first-order chi connectivity index (χ1) is 9.88. The molecule has 9 heteroatoms. The van der Waals surface area contributed by atoms with Crippen LogP contribution in [-0.4, -0.2) is 38.3 Å². The van der Waals surface area contributed by atoms with E-state index in [1.807, 2.05) is 11.6 Å². The number of aromatic nitrogens is 1. The van der Waals surface area contributed by atoms with Gasteiger partial charge in [0.25, 0.3) is 5.91 Å². The van der Waals surface area contributed by atoms with Gasteiger partial charge in [0.05, 0.1) is 18.4 Å². The summed E-state index contributed by atoms with van der Waals surface area (Å²) in [5, 5.41) is 0. The summed E-state index contributed by atoms with van der Waals surface area (Å²) in [7, 11) is -2.51. The number of ether oxygens (including phenoxy) is 2. The maximum atomic E-state index is 11.8. The van der Waals surface area contributed by atoms with Crippen LogP contribution in [-0.2, 0) is 14.8 Å². The Kier molecular flexibility index (Phi) is 6.10. The van der Waals surface area contributed by atoms with Crippen molar-refractivity contribution in [1.29, 1.82) is 0 Å². The number of sulfonamides is 1. The largest absolute Gasteiger partial charge is 0.514 e. The Morgan fingerprint density at radius 1 is 1.33 bits per heavy atom. The van der Waals surface area contributed by atoms with Crippen molar-refractivity contribution >= 4 is 22.1 Å². The topological polar surface area (TPSA) is 112 Å². The Hall–Kier alpha value is -2.16. The fourth-order valence-corrected chi connectivity index (χ4v) is 2.46. The lowest BCUT2D eigenvalue weighted by molar-refractivity contribution is 0.0981. The highest BCUT2D eigenvalue weighted by Crippen LogP contribution is 2.08. The molecule has 21 heavy (non-hydrogen) atoms. The van der Waals surface area contributed by atoms with Crippen molar-refractivity contribution in [2.75, 3.05) is 12.9 Å². The third-order valence-corrected chi connectivity index (χ3v) is 3.69.